The number of carbonyl (C=O) groups excluding carboxylic acids is 1. The molecule has 1 aliphatic rings. The number of fused-ring (bicyclic) bond motifs is 1. The van der Waals surface area contributed by atoms with E-state index in [-0.39, 0.29) is 13.1 Å². The number of nitrogens with zero attached hydrogens (tertiary/aromatic N) is 4. The van der Waals surface area contributed by atoms with E-state index in [0.717, 1.165) is 12.1 Å². The van der Waals surface area contributed by atoms with Crippen LogP contribution in [0.5, 0.6) is 0 Å². The number of halogens is 3. The molecule has 0 bridgehead atoms. The van der Waals surface area contributed by atoms with Crippen LogP contribution < -0.4 is 0 Å². The summed E-state index contributed by atoms with van der Waals surface area (Å²) in [4.78, 5) is 16.3. The standard InChI is InChI=1S/C15H17F3N4O2/c1-14(2,3)24-13(23)22-8-9-6-10(15(16,17)18)4-5-11(9)12(22)7-20-21-19/h4-6,12H,7-8H2,1-3H3/t12-/m0/s1. The van der Waals surface area contributed by atoms with Gasteiger partial charge in [0.2, 0.25) is 0 Å². The molecule has 1 aromatic rings. The summed E-state index contributed by atoms with van der Waals surface area (Å²) in [5, 5.41) is 3.46. The minimum Gasteiger partial charge on any atom is -0.444 e. The molecule has 0 saturated heterocycles. The van der Waals surface area contributed by atoms with Gasteiger partial charge >= 0.3 is 12.3 Å². The lowest BCUT2D eigenvalue weighted by molar-refractivity contribution is -0.137. The second kappa shape index (κ2) is 6.24. The monoisotopic (exact) mass is 342 g/mol. The maximum Gasteiger partial charge on any atom is 0.416 e. The van der Waals surface area contributed by atoms with Crippen LogP contribution in [0, 0.1) is 0 Å². The smallest absolute Gasteiger partial charge is 0.416 e. The Hall–Kier alpha value is -2.41. The average Bonchev–Trinajstić information content (AvgIpc) is 2.80. The molecule has 2 rings (SSSR count). The molecule has 0 radical (unpaired) electrons. The van der Waals surface area contributed by atoms with Crippen molar-refractivity contribution in [2.24, 2.45) is 5.11 Å². The zero-order valence-electron chi connectivity index (χ0n) is 13.5. The molecule has 1 atom stereocenters. The molecule has 1 aromatic carbocycles. The molecule has 0 spiro atoms. The van der Waals surface area contributed by atoms with Crippen LogP contribution in [0.25, 0.3) is 10.4 Å². The Balaban J connectivity index is 2.36. The maximum atomic E-state index is 12.9. The highest BCUT2D eigenvalue weighted by atomic mass is 19.4. The summed E-state index contributed by atoms with van der Waals surface area (Å²) in [5.41, 5.74) is 7.88. The Kier molecular flexibility index (Phi) is 4.66. The predicted molar refractivity (Wildman–Crippen MR) is 80.0 cm³/mol. The first-order valence-electron chi connectivity index (χ1n) is 7.23. The molecule has 0 unspecified atom stereocenters. The van der Waals surface area contributed by atoms with Crippen LogP contribution in [0.1, 0.15) is 43.5 Å². The van der Waals surface area contributed by atoms with E-state index in [9.17, 15) is 18.0 Å². The highest BCUT2D eigenvalue weighted by Crippen LogP contribution is 2.38. The third kappa shape index (κ3) is 3.91. The van der Waals surface area contributed by atoms with Crippen LogP contribution in [0.15, 0.2) is 23.3 Å². The van der Waals surface area contributed by atoms with Gasteiger partial charge in [0, 0.05) is 11.5 Å². The molecular formula is C15H17F3N4O2. The van der Waals surface area contributed by atoms with E-state index in [1.807, 2.05) is 0 Å². The summed E-state index contributed by atoms with van der Waals surface area (Å²) in [6.45, 7) is 4.98. The fraction of sp³-hybridized carbons (Fsp3) is 0.533. The summed E-state index contributed by atoms with van der Waals surface area (Å²) >= 11 is 0. The Morgan fingerprint density at radius 3 is 2.62 bits per heavy atom. The third-order valence-electron chi connectivity index (χ3n) is 3.49. The van der Waals surface area contributed by atoms with Gasteiger partial charge < -0.3 is 4.74 Å². The van der Waals surface area contributed by atoms with E-state index >= 15 is 0 Å². The van der Waals surface area contributed by atoms with Gasteiger partial charge in [-0.05, 0) is 49.6 Å². The number of rotatable bonds is 2. The molecular weight excluding hydrogens is 325 g/mol. The number of hydrogen-bond acceptors (Lipinski definition) is 3. The lowest BCUT2D eigenvalue weighted by Gasteiger charge is -2.28. The minimum atomic E-state index is -4.46. The van der Waals surface area contributed by atoms with Crippen LogP contribution in [0.2, 0.25) is 0 Å². The Labute approximate surface area is 136 Å². The highest BCUT2D eigenvalue weighted by molar-refractivity contribution is 5.70. The van der Waals surface area contributed by atoms with Crippen molar-refractivity contribution in [1.29, 1.82) is 0 Å². The zero-order valence-corrected chi connectivity index (χ0v) is 13.5. The van der Waals surface area contributed by atoms with Crippen molar-refractivity contribution in [2.75, 3.05) is 6.54 Å². The number of amides is 1. The number of azide groups is 1. The molecule has 1 aliphatic heterocycles. The summed E-state index contributed by atoms with van der Waals surface area (Å²) in [7, 11) is 0. The van der Waals surface area contributed by atoms with Gasteiger partial charge in [0.25, 0.3) is 0 Å². The maximum absolute atomic E-state index is 12.9. The molecule has 0 N–H and O–H groups in total. The van der Waals surface area contributed by atoms with E-state index in [1.54, 1.807) is 20.8 Å². The van der Waals surface area contributed by atoms with Gasteiger partial charge in [0.05, 0.1) is 18.2 Å². The quantitative estimate of drug-likeness (QED) is 0.439. The predicted octanol–water partition coefficient (Wildman–Crippen LogP) is 4.81. The van der Waals surface area contributed by atoms with Crippen molar-refractivity contribution in [2.45, 2.75) is 45.1 Å². The number of hydrogen-bond donors (Lipinski definition) is 0. The molecule has 130 valence electrons. The van der Waals surface area contributed by atoms with Crippen molar-refractivity contribution in [3.63, 3.8) is 0 Å². The second-order valence-electron chi connectivity index (χ2n) is 6.45. The molecule has 0 aromatic heterocycles. The topological polar surface area (TPSA) is 78.3 Å². The van der Waals surface area contributed by atoms with Crippen LogP contribution in [-0.4, -0.2) is 23.1 Å². The Morgan fingerprint density at radius 1 is 1.42 bits per heavy atom. The minimum absolute atomic E-state index is 0.0280. The first kappa shape index (κ1) is 17.9. The van der Waals surface area contributed by atoms with Crippen molar-refractivity contribution in [1.82, 2.24) is 4.90 Å². The van der Waals surface area contributed by atoms with E-state index in [2.05, 4.69) is 10.0 Å². The molecule has 0 fully saturated rings. The van der Waals surface area contributed by atoms with Crippen LogP contribution in [0.4, 0.5) is 18.0 Å². The van der Waals surface area contributed by atoms with Crippen molar-refractivity contribution < 1.29 is 22.7 Å². The van der Waals surface area contributed by atoms with Crippen molar-refractivity contribution in [3.05, 3.63) is 45.3 Å². The van der Waals surface area contributed by atoms with E-state index in [1.165, 1.54) is 11.0 Å². The molecule has 6 nitrogen and oxygen atoms in total. The molecule has 9 heteroatoms. The van der Waals surface area contributed by atoms with Gasteiger partial charge in [-0.15, -0.1) is 0 Å². The van der Waals surface area contributed by atoms with E-state index in [0.29, 0.717) is 11.1 Å². The van der Waals surface area contributed by atoms with Gasteiger partial charge in [0.15, 0.2) is 0 Å². The fourth-order valence-electron chi connectivity index (χ4n) is 2.53. The molecule has 0 saturated carbocycles. The average molecular weight is 342 g/mol. The number of carbonyl (C=O) groups is 1. The molecule has 0 aliphatic carbocycles. The lowest BCUT2D eigenvalue weighted by Crippen LogP contribution is -2.36. The van der Waals surface area contributed by atoms with Crippen LogP contribution in [0.3, 0.4) is 0 Å². The molecule has 1 amide bonds. The lowest BCUT2D eigenvalue weighted by atomic mass is 10.0. The highest BCUT2D eigenvalue weighted by Gasteiger charge is 2.38. The fourth-order valence-corrected chi connectivity index (χ4v) is 2.53. The first-order valence-corrected chi connectivity index (χ1v) is 7.23. The van der Waals surface area contributed by atoms with Crippen molar-refractivity contribution in [3.8, 4) is 0 Å². The van der Waals surface area contributed by atoms with Crippen LogP contribution in [-0.2, 0) is 17.5 Å². The van der Waals surface area contributed by atoms with Crippen molar-refractivity contribution >= 4 is 6.09 Å². The van der Waals surface area contributed by atoms with E-state index in [4.69, 9.17) is 10.3 Å². The Bertz CT molecular complexity index is 691. The number of ether oxygens (including phenoxy) is 1. The molecule has 1 heterocycles. The second-order valence-corrected chi connectivity index (χ2v) is 6.45. The summed E-state index contributed by atoms with van der Waals surface area (Å²) in [6.07, 6.45) is -5.13. The summed E-state index contributed by atoms with van der Waals surface area (Å²) < 4.78 is 43.9. The summed E-state index contributed by atoms with van der Waals surface area (Å²) in [6, 6.07) is 2.65. The largest absolute Gasteiger partial charge is 0.444 e. The van der Waals surface area contributed by atoms with Gasteiger partial charge in [0.1, 0.15) is 5.60 Å². The number of alkyl halides is 3. The number of benzene rings is 1. The van der Waals surface area contributed by atoms with Gasteiger partial charge in [-0.25, -0.2) is 4.79 Å². The SMILES string of the molecule is CC(C)(C)OC(=O)N1Cc2cc(C(F)(F)F)ccc2[C@@H]1CN=[N+]=[N-]. The summed E-state index contributed by atoms with van der Waals surface area (Å²) in [5.74, 6) is 0. The van der Waals surface area contributed by atoms with Gasteiger partial charge in [-0.3, -0.25) is 4.90 Å². The van der Waals surface area contributed by atoms with Gasteiger partial charge in [-0.1, -0.05) is 11.2 Å². The van der Waals surface area contributed by atoms with Crippen LogP contribution >= 0.6 is 0 Å². The van der Waals surface area contributed by atoms with E-state index < -0.39 is 29.5 Å². The molecule has 24 heavy (non-hydrogen) atoms. The Morgan fingerprint density at radius 2 is 2.08 bits per heavy atom. The first-order chi connectivity index (χ1) is 11.0. The van der Waals surface area contributed by atoms with Gasteiger partial charge in [-0.2, -0.15) is 13.2 Å². The zero-order chi connectivity index (χ0) is 18.1. The third-order valence-corrected chi connectivity index (χ3v) is 3.49. The normalized spacial score (nSPS) is 17.2.